The molecule has 1 aliphatic carbocycles. The monoisotopic (exact) mass is 697 g/mol. The molecule has 0 spiro atoms. The van der Waals surface area contributed by atoms with Crippen LogP contribution in [0.3, 0.4) is 0 Å². The molecule has 0 saturated carbocycles. The summed E-state index contributed by atoms with van der Waals surface area (Å²) in [6, 6.07) is 53.6. The average Bonchev–Trinajstić information content (AvgIpc) is 3.84. The Bertz CT molecular complexity index is 3100. The SMILES string of the molecule is CC1(C)c2ccc(-c3cccc(-c4nc(-c5ccccc5)nc(-c5cccc6sc7ccccc7c56)n4)c3)cc2-c2cc3oc4ccccc4c3cc21. The zero-order valence-electron chi connectivity index (χ0n) is 29.1. The molecule has 0 radical (unpaired) electrons. The molecule has 53 heavy (non-hydrogen) atoms. The summed E-state index contributed by atoms with van der Waals surface area (Å²) >= 11 is 1.80. The molecule has 3 aromatic heterocycles. The smallest absolute Gasteiger partial charge is 0.164 e. The van der Waals surface area contributed by atoms with Gasteiger partial charge in [0.1, 0.15) is 11.2 Å². The molecule has 0 aliphatic heterocycles. The van der Waals surface area contributed by atoms with Gasteiger partial charge in [0, 0.05) is 53.1 Å². The summed E-state index contributed by atoms with van der Waals surface area (Å²) in [6.45, 7) is 4.66. The lowest BCUT2D eigenvalue weighted by Crippen LogP contribution is -2.14. The van der Waals surface area contributed by atoms with Gasteiger partial charge in [-0.05, 0) is 75.8 Å². The third-order valence-electron chi connectivity index (χ3n) is 10.9. The summed E-state index contributed by atoms with van der Waals surface area (Å²) in [4.78, 5) is 15.4. The van der Waals surface area contributed by atoms with Crippen LogP contribution >= 0.6 is 11.3 Å². The van der Waals surface area contributed by atoms with Gasteiger partial charge in [0.15, 0.2) is 17.5 Å². The second-order valence-corrected chi connectivity index (χ2v) is 15.5. The molecule has 11 rings (SSSR count). The van der Waals surface area contributed by atoms with Gasteiger partial charge in [-0.1, -0.05) is 123 Å². The molecule has 4 nitrogen and oxygen atoms in total. The van der Waals surface area contributed by atoms with Gasteiger partial charge in [-0.2, -0.15) is 0 Å². The third-order valence-corrected chi connectivity index (χ3v) is 12.1. The van der Waals surface area contributed by atoms with E-state index < -0.39 is 0 Å². The van der Waals surface area contributed by atoms with Gasteiger partial charge in [-0.15, -0.1) is 11.3 Å². The Labute approximate surface area is 310 Å². The van der Waals surface area contributed by atoms with Gasteiger partial charge >= 0.3 is 0 Å². The molecule has 0 amide bonds. The fraction of sp³-hybridized carbons (Fsp3) is 0.0625. The predicted octanol–water partition coefficient (Wildman–Crippen LogP) is 13.1. The van der Waals surface area contributed by atoms with Crippen molar-refractivity contribution in [3.05, 3.63) is 163 Å². The van der Waals surface area contributed by atoms with Crippen molar-refractivity contribution in [3.8, 4) is 56.4 Å². The lowest BCUT2D eigenvalue weighted by Gasteiger charge is -2.21. The average molecular weight is 698 g/mol. The number of benzene rings is 7. The minimum Gasteiger partial charge on any atom is -0.456 e. The molecule has 250 valence electrons. The zero-order valence-corrected chi connectivity index (χ0v) is 29.9. The lowest BCUT2D eigenvalue weighted by atomic mass is 9.81. The quantitative estimate of drug-likeness (QED) is 0.184. The first-order chi connectivity index (χ1) is 26.0. The molecule has 10 aromatic rings. The number of fused-ring (bicyclic) bond motifs is 9. The van der Waals surface area contributed by atoms with Gasteiger partial charge in [-0.25, -0.2) is 15.0 Å². The van der Waals surface area contributed by atoms with E-state index >= 15 is 0 Å². The molecule has 0 atom stereocenters. The van der Waals surface area contributed by atoms with Crippen LogP contribution < -0.4 is 0 Å². The van der Waals surface area contributed by atoms with Crippen LogP contribution in [0.5, 0.6) is 0 Å². The minimum absolute atomic E-state index is 0.136. The Hall–Kier alpha value is -6.43. The van der Waals surface area contributed by atoms with Crippen LogP contribution in [-0.4, -0.2) is 15.0 Å². The van der Waals surface area contributed by atoms with Crippen molar-refractivity contribution in [2.75, 3.05) is 0 Å². The summed E-state index contributed by atoms with van der Waals surface area (Å²) in [5.74, 6) is 1.97. The van der Waals surface area contributed by atoms with E-state index in [0.717, 1.165) is 44.4 Å². The first-order valence-electron chi connectivity index (χ1n) is 17.9. The number of nitrogens with zero attached hydrogens (tertiary/aromatic N) is 3. The van der Waals surface area contributed by atoms with E-state index in [2.05, 4.69) is 135 Å². The molecular formula is C48H31N3OS. The maximum Gasteiger partial charge on any atom is 0.164 e. The third kappa shape index (κ3) is 4.64. The molecule has 0 fully saturated rings. The summed E-state index contributed by atoms with van der Waals surface area (Å²) in [7, 11) is 0. The predicted molar refractivity (Wildman–Crippen MR) is 219 cm³/mol. The number of thiophene rings is 1. The first-order valence-corrected chi connectivity index (χ1v) is 18.7. The summed E-state index contributed by atoms with van der Waals surface area (Å²) in [5, 5.41) is 4.73. The second-order valence-electron chi connectivity index (χ2n) is 14.4. The molecule has 3 heterocycles. The molecule has 1 aliphatic rings. The number of para-hydroxylation sites is 1. The van der Waals surface area contributed by atoms with Crippen molar-refractivity contribution in [1.82, 2.24) is 15.0 Å². The minimum atomic E-state index is -0.136. The van der Waals surface area contributed by atoms with Crippen LogP contribution in [0.25, 0.3) is 98.5 Å². The van der Waals surface area contributed by atoms with Crippen LogP contribution in [0, 0.1) is 0 Å². The molecule has 0 N–H and O–H groups in total. The van der Waals surface area contributed by atoms with E-state index in [1.54, 1.807) is 11.3 Å². The van der Waals surface area contributed by atoms with Crippen LogP contribution in [0.1, 0.15) is 25.0 Å². The fourth-order valence-electron chi connectivity index (χ4n) is 8.29. The van der Waals surface area contributed by atoms with Gasteiger partial charge in [0.2, 0.25) is 0 Å². The fourth-order valence-corrected chi connectivity index (χ4v) is 9.42. The van der Waals surface area contributed by atoms with Crippen molar-refractivity contribution < 1.29 is 4.42 Å². The van der Waals surface area contributed by atoms with Crippen LogP contribution in [0.4, 0.5) is 0 Å². The first kappa shape index (κ1) is 30.2. The molecule has 5 heteroatoms. The largest absolute Gasteiger partial charge is 0.456 e. The number of aromatic nitrogens is 3. The Morgan fingerprint density at radius 2 is 1.09 bits per heavy atom. The van der Waals surface area contributed by atoms with Crippen LogP contribution in [-0.2, 0) is 5.41 Å². The van der Waals surface area contributed by atoms with E-state index in [9.17, 15) is 0 Å². The molecule has 7 aromatic carbocycles. The Balaban J connectivity index is 1.06. The van der Waals surface area contributed by atoms with Crippen molar-refractivity contribution in [1.29, 1.82) is 0 Å². The van der Waals surface area contributed by atoms with Gasteiger partial charge in [0.25, 0.3) is 0 Å². The highest BCUT2D eigenvalue weighted by atomic mass is 32.1. The topological polar surface area (TPSA) is 51.8 Å². The van der Waals surface area contributed by atoms with Crippen molar-refractivity contribution in [2.24, 2.45) is 0 Å². The van der Waals surface area contributed by atoms with Crippen LogP contribution in [0.15, 0.2) is 156 Å². The Morgan fingerprint density at radius 3 is 1.98 bits per heavy atom. The van der Waals surface area contributed by atoms with Crippen molar-refractivity contribution in [2.45, 2.75) is 19.3 Å². The standard InChI is InChI=1S/C48H31N3OS/c1-48(2)38-23-22-30(25-35(38)36-27-41-37(26-39(36)48)32-16-6-8-19-40(32)52-41)29-14-10-15-31(24-29)46-49-45(28-12-4-3-5-13-28)50-47(51-46)34-18-11-21-43-44(34)33-17-7-9-20-42(33)53-43/h3-27H,1-2H3. The highest BCUT2D eigenvalue weighted by Crippen LogP contribution is 2.52. The normalized spacial score (nSPS) is 13.2. The number of furan rings is 1. The highest BCUT2D eigenvalue weighted by molar-refractivity contribution is 7.25. The molecule has 0 saturated heterocycles. The van der Waals surface area contributed by atoms with E-state index in [1.807, 2.05) is 30.3 Å². The number of rotatable bonds is 4. The van der Waals surface area contributed by atoms with E-state index in [-0.39, 0.29) is 5.41 Å². The molecule has 0 bridgehead atoms. The Morgan fingerprint density at radius 1 is 0.434 bits per heavy atom. The summed E-state index contributed by atoms with van der Waals surface area (Å²) in [5.41, 5.74) is 12.0. The van der Waals surface area contributed by atoms with Crippen molar-refractivity contribution in [3.63, 3.8) is 0 Å². The number of hydrogen-bond donors (Lipinski definition) is 0. The maximum absolute atomic E-state index is 6.35. The maximum atomic E-state index is 6.35. The van der Waals surface area contributed by atoms with Gasteiger partial charge < -0.3 is 4.42 Å². The van der Waals surface area contributed by atoms with E-state index in [4.69, 9.17) is 19.4 Å². The van der Waals surface area contributed by atoms with E-state index in [0.29, 0.717) is 17.5 Å². The second kappa shape index (κ2) is 11.3. The zero-order chi connectivity index (χ0) is 35.3. The van der Waals surface area contributed by atoms with Crippen molar-refractivity contribution >= 4 is 53.4 Å². The lowest BCUT2D eigenvalue weighted by molar-refractivity contribution is 0.658. The van der Waals surface area contributed by atoms with Crippen LogP contribution in [0.2, 0.25) is 0 Å². The molecule has 0 unspecified atom stereocenters. The Kier molecular flexibility index (Phi) is 6.43. The number of hydrogen-bond acceptors (Lipinski definition) is 5. The molecular weight excluding hydrogens is 667 g/mol. The van der Waals surface area contributed by atoms with Gasteiger partial charge in [0.05, 0.1) is 0 Å². The van der Waals surface area contributed by atoms with E-state index in [1.165, 1.54) is 47.8 Å². The summed E-state index contributed by atoms with van der Waals surface area (Å²) < 4.78 is 8.82. The summed E-state index contributed by atoms with van der Waals surface area (Å²) in [6.07, 6.45) is 0. The highest BCUT2D eigenvalue weighted by Gasteiger charge is 2.36. The van der Waals surface area contributed by atoms with Gasteiger partial charge in [-0.3, -0.25) is 0 Å².